The third-order valence-electron chi connectivity index (χ3n) is 4.89. The summed E-state index contributed by atoms with van der Waals surface area (Å²) < 4.78 is 6.87. The molecule has 0 aliphatic heterocycles. The van der Waals surface area contributed by atoms with Crippen LogP contribution in [0.1, 0.15) is 22.5 Å². The number of hydrogen-bond donors (Lipinski definition) is 2. The van der Waals surface area contributed by atoms with E-state index in [1.807, 2.05) is 56.3 Å². The second-order valence-electron chi connectivity index (χ2n) is 7.41. The number of nitrogens with one attached hydrogen (secondary N) is 2. The zero-order valence-corrected chi connectivity index (χ0v) is 19.5. The Morgan fingerprint density at radius 3 is 2.53 bits per heavy atom. The number of aryl methyl sites for hydroxylation is 2. The minimum Gasteiger partial charge on any atom is -0.497 e. The normalized spacial score (nSPS) is 10.6. The molecule has 2 aromatic carbocycles. The van der Waals surface area contributed by atoms with Crippen molar-refractivity contribution < 1.29 is 14.3 Å². The SMILES string of the molecule is COc1ccc(CNC(=O)CSc2nnc(CC(=O)Nc3cc(C)ccc3C)n2C)cc1. The Hall–Kier alpha value is -3.33. The lowest BCUT2D eigenvalue weighted by Gasteiger charge is -2.09. The molecule has 0 atom stereocenters. The Morgan fingerprint density at radius 1 is 1.06 bits per heavy atom. The Labute approximate surface area is 191 Å². The largest absolute Gasteiger partial charge is 0.497 e. The Morgan fingerprint density at radius 2 is 1.81 bits per heavy atom. The monoisotopic (exact) mass is 453 g/mol. The second kappa shape index (κ2) is 10.8. The van der Waals surface area contributed by atoms with Gasteiger partial charge < -0.3 is 19.9 Å². The van der Waals surface area contributed by atoms with E-state index in [-0.39, 0.29) is 24.0 Å². The van der Waals surface area contributed by atoms with Gasteiger partial charge in [-0.3, -0.25) is 9.59 Å². The number of carbonyl (C=O) groups excluding carboxylic acids is 2. The summed E-state index contributed by atoms with van der Waals surface area (Å²) in [6.07, 6.45) is 0.0983. The van der Waals surface area contributed by atoms with Gasteiger partial charge in [-0.05, 0) is 48.7 Å². The molecule has 1 heterocycles. The topological polar surface area (TPSA) is 98.1 Å². The van der Waals surface area contributed by atoms with Crippen molar-refractivity contribution in [2.75, 3.05) is 18.2 Å². The molecular weight excluding hydrogens is 426 g/mol. The van der Waals surface area contributed by atoms with Crippen LogP contribution in [-0.4, -0.2) is 39.4 Å². The van der Waals surface area contributed by atoms with Crippen molar-refractivity contribution in [2.24, 2.45) is 7.05 Å². The van der Waals surface area contributed by atoms with Crippen molar-refractivity contribution in [3.63, 3.8) is 0 Å². The van der Waals surface area contributed by atoms with E-state index in [0.29, 0.717) is 17.5 Å². The summed E-state index contributed by atoms with van der Waals surface area (Å²) in [5.74, 6) is 1.24. The summed E-state index contributed by atoms with van der Waals surface area (Å²) in [5.41, 5.74) is 3.85. The molecule has 0 spiro atoms. The van der Waals surface area contributed by atoms with Crippen molar-refractivity contribution in [3.05, 3.63) is 65.0 Å². The van der Waals surface area contributed by atoms with E-state index in [4.69, 9.17) is 4.74 Å². The smallest absolute Gasteiger partial charge is 0.232 e. The number of anilines is 1. The molecule has 1 aromatic heterocycles. The number of nitrogens with zero attached hydrogens (tertiary/aromatic N) is 3. The van der Waals surface area contributed by atoms with Gasteiger partial charge >= 0.3 is 0 Å². The first-order chi connectivity index (χ1) is 15.4. The highest BCUT2D eigenvalue weighted by atomic mass is 32.2. The number of carbonyl (C=O) groups is 2. The van der Waals surface area contributed by atoms with E-state index in [1.54, 1.807) is 18.7 Å². The third kappa shape index (κ3) is 6.34. The third-order valence-corrected chi connectivity index (χ3v) is 5.91. The fraction of sp³-hybridized carbons (Fsp3) is 0.304. The number of methoxy groups -OCH3 is 1. The van der Waals surface area contributed by atoms with E-state index >= 15 is 0 Å². The van der Waals surface area contributed by atoms with Gasteiger partial charge in [-0.2, -0.15) is 0 Å². The summed E-state index contributed by atoms with van der Waals surface area (Å²) in [4.78, 5) is 24.7. The van der Waals surface area contributed by atoms with Gasteiger partial charge in [0.25, 0.3) is 0 Å². The quantitative estimate of drug-likeness (QED) is 0.483. The first kappa shape index (κ1) is 23.3. The Kier molecular flexibility index (Phi) is 7.88. The summed E-state index contributed by atoms with van der Waals surface area (Å²) in [6, 6.07) is 13.4. The van der Waals surface area contributed by atoms with E-state index in [1.165, 1.54) is 11.8 Å². The van der Waals surface area contributed by atoms with E-state index in [9.17, 15) is 9.59 Å². The number of rotatable bonds is 9. The van der Waals surface area contributed by atoms with Gasteiger partial charge in [0.15, 0.2) is 5.16 Å². The molecule has 3 aromatic rings. The van der Waals surface area contributed by atoms with Gasteiger partial charge in [0.05, 0.1) is 19.3 Å². The van der Waals surface area contributed by atoms with Crippen molar-refractivity contribution >= 4 is 29.3 Å². The summed E-state index contributed by atoms with van der Waals surface area (Å²) >= 11 is 1.28. The molecule has 8 nitrogen and oxygen atoms in total. The van der Waals surface area contributed by atoms with Gasteiger partial charge in [0, 0.05) is 19.3 Å². The molecule has 32 heavy (non-hydrogen) atoms. The molecule has 0 saturated carbocycles. The van der Waals surface area contributed by atoms with Crippen LogP contribution in [0, 0.1) is 13.8 Å². The van der Waals surface area contributed by atoms with Crippen LogP contribution < -0.4 is 15.4 Å². The van der Waals surface area contributed by atoms with E-state index in [2.05, 4.69) is 20.8 Å². The molecular formula is C23H27N5O3S. The number of benzene rings is 2. The molecule has 168 valence electrons. The average Bonchev–Trinajstić information content (AvgIpc) is 3.12. The summed E-state index contributed by atoms with van der Waals surface area (Å²) in [5, 5.41) is 14.6. The molecule has 0 saturated heterocycles. The number of ether oxygens (including phenoxy) is 1. The van der Waals surface area contributed by atoms with Crippen LogP contribution in [0.3, 0.4) is 0 Å². The minimum atomic E-state index is -0.164. The first-order valence-corrected chi connectivity index (χ1v) is 11.1. The standard InChI is InChI=1S/C23H27N5O3S/c1-15-5-6-16(2)19(11-15)25-21(29)12-20-26-27-23(28(20)3)32-14-22(30)24-13-17-7-9-18(31-4)10-8-17/h5-11H,12-14H2,1-4H3,(H,24,30)(H,25,29). The predicted molar refractivity (Wildman–Crippen MR) is 125 cm³/mol. The molecule has 2 N–H and O–H groups in total. The Balaban J connectivity index is 1.49. The lowest BCUT2D eigenvalue weighted by atomic mass is 10.1. The van der Waals surface area contributed by atoms with Crippen molar-refractivity contribution in [1.82, 2.24) is 20.1 Å². The molecule has 0 radical (unpaired) electrons. The summed E-state index contributed by atoms with van der Waals surface area (Å²) in [6.45, 7) is 4.37. The van der Waals surface area contributed by atoms with Crippen LogP contribution in [0.15, 0.2) is 47.6 Å². The second-order valence-corrected chi connectivity index (χ2v) is 8.36. The van der Waals surface area contributed by atoms with Gasteiger partial charge in [-0.15, -0.1) is 10.2 Å². The Bertz CT molecular complexity index is 1100. The van der Waals surface area contributed by atoms with Crippen molar-refractivity contribution in [1.29, 1.82) is 0 Å². The van der Waals surface area contributed by atoms with Crippen molar-refractivity contribution in [3.8, 4) is 5.75 Å². The van der Waals surface area contributed by atoms with Crippen LogP contribution >= 0.6 is 11.8 Å². The van der Waals surface area contributed by atoms with E-state index in [0.717, 1.165) is 28.1 Å². The zero-order valence-electron chi connectivity index (χ0n) is 18.6. The molecule has 9 heteroatoms. The van der Waals surface area contributed by atoms with Gasteiger partial charge in [0.1, 0.15) is 11.6 Å². The highest BCUT2D eigenvalue weighted by Gasteiger charge is 2.15. The van der Waals surface area contributed by atoms with Crippen LogP contribution in [0.5, 0.6) is 5.75 Å². The van der Waals surface area contributed by atoms with Crippen LogP contribution in [0.4, 0.5) is 5.69 Å². The number of aromatic nitrogens is 3. The van der Waals surface area contributed by atoms with Crippen LogP contribution in [-0.2, 0) is 29.6 Å². The van der Waals surface area contributed by atoms with Crippen LogP contribution in [0.25, 0.3) is 0 Å². The molecule has 0 aliphatic carbocycles. The highest BCUT2D eigenvalue weighted by molar-refractivity contribution is 7.99. The lowest BCUT2D eigenvalue weighted by molar-refractivity contribution is -0.118. The molecule has 0 bridgehead atoms. The van der Waals surface area contributed by atoms with E-state index < -0.39 is 0 Å². The van der Waals surface area contributed by atoms with Gasteiger partial charge in [0.2, 0.25) is 11.8 Å². The lowest BCUT2D eigenvalue weighted by Crippen LogP contribution is -2.24. The molecule has 3 rings (SSSR count). The van der Waals surface area contributed by atoms with Gasteiger partial charge in [-0.1, -0.05) is 36.0 Å². The highest BCUT2D eigenvalue weighted by Crippen LogP contribution is 2.18. The predicted octanol–water partition coefficient (Wildman–Crippen LogP) is 3.03. The maximum absolute atomic E-state index is 12.5. The number of hydrogen-bond acceptors (Lipinski definition) is 6. The average molecular weight is 454 g/mol. The fourth-order valence-corrected chi connectivity index (χ4v) is 3.72. The summed E-state index contributed by atoms with van der Waals surface area (Å²) in [7, 11) is 3.40. The molecule has 2 amide bonds. The fourth-order valence-electron chi connectivity index (χ4n) is 2.96. The maximum Gasteiger partial charge on any atom is 0.232 e. The molecule has 0 unspecified atom stereocenters. The van der Waals surface area contributed by atoms with Gasteiger partial charge in [-0.25, -0.2) is 0 Å². The molecule has 0 fully saturated rings. The number of amides is 2. The van der Waals surface area contributed by atoms with Crippen molar-refractivity contribution in [2.45, 2.75) is 32.0 Å². The molecule has 0 aliphatic rings. The number of thioether (sulfide) groups is 1. The van der Waals surface area contributed by atoms with Crippen LogP contribution in [0.2, 0.25) is 0 Å². The minimum absolute atomic E-state index is 0.0983. The zero-order chi connectivity index (χ0) is 23.1. The first-order valence-electron chi connectivity index (χ1n) is 10.1. The maximum atomic E-state index is 12.5.